The van der Waals surface area contributed by atoms with Crippen molar-refractivity contribution in [2.24, 2.45) is 0 Å². The lowest BCUT2D eigenvalue weighted by Gasteiger charge is -2.12. The van der Waals surface area contributed by atoms with Gasteiger partial charge < -0.3 is 15.2 Å². The standard InChI is InChI=1S/C19H22N2O4/c1-4-12(2)25-17-11-15(9-10-20-17)18(22)21-16-7-5-14(6-8-16)13(3)19(23)24/h5-13H,4H2,1-3H3,(H,21,22)(H,23,24). The van der Waals surface area contributed by atoms with Crippen LogP contribution in [0.4, 0.5) is 5.69 Å². The predicted octanol–water partition coefficient (Wildman–Crippen LogP) is 3.70. The number of aromatic nitrogens is 1. The second-order valence-electron chi connectivity index (χ2n) is 5.86. The van der Waals surface area contributed by atoms with Crippen LogP contribution in [0.15, 0.2) is 42.6 Å². The fourth-order valence-electron chi connectivity index (χ4n) is 2.11. The van der Waals surface area contributed by atoms with Gasteiger partial charge in [-0.2, -0.15) is 0 Å². The van der Waals surface area contributed by atoms with Crippen molar-refractivity contribution in [3.63, 3.8) is 0 Å². The first-order valence-electron chi connectivity index (χ1n) is 8.17. The second kappa shape index (κ2) is 8.28. The van der Waals surface area contributed by atoms with Crippen LogP contribution in [-0.2, 0) is 4.79 Å². The highest BCUT2D eigenvalue weighted by molar-refractivity contribution is 6.04. The summed E-state index contributed by atoms with van der Waals surface area (Å²) in [6, 6.07) is 9.97. The number of rotatable bonds is 7. The molecule has 2 N–H and O–H groups in total. The number of hydrogen-bond acceptors (Lipinski definition) is 4. The molecule has 0 fully saturated rings. The minimum atomic E-state index is -0.887. The first-order valence-corrected chi connectivity index (χ1v) is 8.17. The smallest absolute Gasteiger partial charge is 0.310 e. The number of nitrogens with zero attached hydrogens (tertiary/aromatic N) is 1. The van der Waals surface area contributed by atoms with E-state index in [-0.39, 0.29) is 12.0 Å². The summed E-state index contributed by atoms with van der Waals surface area (Å²) in [5, 5.41) is 11.8. The van der Waals surface area contributed by atoms with Gasteiger partial charge in [-0.05, 0) is 44.0 Å². The zero-order chi connectivity index (χ0) is 18.4. The lowest BCUT2D eigenvalue weighted by atomic mass is 10.0. The fourth-order valence-corrected chi connectivity index (χ4v) is 2.11. The van der Waals surface area contributed by atoms with E-state index in [1.54, 1.807) is 43.3 Å². The van der Waals surface area contributed by atoms with Crippen molar-refractivity contribution in [2.45, 2.75) is 39.2 Å². The van der Waals surface area contributed by atoms with Crippen molar-refractivity contribution in [3.8, 4) is 5.88 Å². The van der Waals surface area contributed by atoms with Crippen LogP contribution in [0.25, 0.3) is 0 Å². The van der Waals surface area contributed by atoms with Crippen molar-refractivity contribution in [1.29, 1.82) is 0 Å². The molecule has 2 aromatic rings. The lowest BCUT2D eigenvalue weighted by molar-refractivity contribution is -0.138. The Morgan fingerprint density at radius 2 is 1.88 bits per heavy atom. The number of carbonyl (C=O) groups is 2. The molecule has 6 heteroatoms. The van der Waals surface area contributed by atoms with Gasteiger partial charge in [0.25, 0.3) is 5.91 Å². The molecule has 0 aliphatic rings. The van der Waals surface area contributed by atoms with E-state index in [4.69, 9.17) is 9.84 Å². The van der Waals surface area contributed by atoms with Crippen molar-refractivity contribution in [1.82, 2.24) is 4.98 Å². The normalized spacial score (nSPS) is 12.9. The van der Waals surface area contributed by atoms with Crippen LogP contribution in [0.2, 0.25) is 0 Å². The van der Waals surface area contributed by atoms with Gasteiger partial charge in [0.15, 0.2) is 0 Å². The number of amides is 1. The van der Waals surface area contributed by atoms with Crippen LogP contribution in [0, 0.1) is 0 Å². The highest BCUT2D eigenvalue weighted by Crippen LogP contribution is 2.19. The van der Waals surface area contributed by atoms with Gasteiger partial charge >= 0.3 is 5.97 Å². The summed E-state index contributed by atoms with van der Waals surface area (Å²) in [5.41, 5.74) is 1.71. The van der Waals surface area contributed by atoms with Gasteiger partial charge in [-0.3, -0.25) is 9.59 Å². The molecule has 6 nitrogen and oxygen atoms in total. The van der Waals surface area contributed by atoms with Gasteiger partial charge in [-0.1, -0.05) is 19.1 Å². The Labute approximate surface area is 146 Å². The van der Waals surface area contributed by atoms with Crippen molar-refractivity contribution >= 4 is 17.6 Å². The summed E-state index contributed by atoms with van der Waals surface area (Å²) in [4.78, 5) is 27.5. The second-order valence-corrected chi connectivity index (χ2v) is 5.86. The highest BCUT2D eigenvalue weighted by Gasteiger charge is 2.14. The Morgan fingerprint density at radius 3 is 2.48 bits per heavy atom. The van der Waals surface area contributed by atoms with Crippen molar-refractivity contribution < 1.29 is 19.4 Å². The number of carbonyl (C=O) groups excluding carboxylic acids is 1. The van der Waals surface area contributed by atoms with Crippen LogP contribution in [-0.4, -0.2) is 28.1 Å². The molecule has 0 spiro atoms. The van der Waals surface area contributed by atoms with E-state index in [1.807, 2.05) is 13.8 Å². The van der Waals surface area contributed by atoms with E-state index in [1.165, 1.54) is 6.20 Å². The summed E-state index contributed by atoms with van der Waals surface area (Å²) in [5.74, 6) is -1.35. The van der Waals surface area contributed by atoms with E-state index in [2.05, 4.69) is 10.3 Å². The van der Waals surface area contributed by atoms with Crippen molar-refractivity contribution in [2.75, 3.05) is 5.32 Å². The molecule has 2 atom stereocenters. The Bertz CT molecular complexity index is 743. The molecule has 132 valence electrons. The summed E-state index contributed by atoms with van der Waals surface area (Å²) >= 11 is 0. The number of ether oxygens (including phenoxy) is 1. The number of benzene rings is 1. The average molecular weight is 342 g/mol. The number of aliphatic carboxylic acids is 1. The molecule has 0 aliphatic carbocycles. The Hall–Kier alpha value is -2.89. The molecule has 1 heterocycles. The molecular weight excluding hydrogens is 320 g/mol. The zero-order valence-electron chi connectivity index (χ0n) is 14.5. The zero-order valence-corrected chi connectivity index (χ0v) is 14.5. The maximum Gasteiger partial charge on any atom is 0.310 e. The van der Waals surface area contributed by atoms with Gasteiger partial charge in [0, 0.05) is 23.5 Å². The maximum atomic E-state index is 12.4. The highest BCUT2D eigenvalue weighted by atomic mass is 16.5. The first kappa shape index (κ1) is 18.4. The van der Waals surface area contributed by atoms with E-state index < -0.39 is 11.9 Å². The molecule has 0 saturated carbocycles. The third-order valence-corrected chi connectivity index (χ3v) is 3.93. The van der Waals surface area contributed by atoms with E-state index in [0.29, 0.717) is 22.7 Å². The topological polar surface area (TPSA) is 88.5 Å². The number of carboxylic acids is 1. The van der Waals surface area contributed by atoms with E-state index >= 15 is 0 Å². The third-order valence-electron chi connectivity index (χ3n) is 3.93. The molecule has 0 saturated heterocycles. The number of pyridine rings is 1. The SMILES string of the molecule is CCC(C)Oc1cc(C(=O)Nc2ccc(C(C)C(=O)O)cc2)ccn1. The summed E-state index contributed by atoms with van der Waals surface area (Å²) in [6.07, 6.45) is 2.40. The van der Waals surface area contributed by atoms with Gasteiger partial charge in [0.05, 0.1) is 12.0 Å². The molecule has 1 amide bonds. The first-order chi connectivity index (χ1) is 11.9. The molecule has 0 aliphatic heterocycles. The number of carboxylic acid groups (broad SMARTS) is 1. The molecule has 0 bridgehead atoms. The van der Waals surface area contributed by atoms with Crippen LogP contribution in [0.1, 0.15) is 49.0 Å². The Morgan fingerprint density at radius 1 is 1.20 bits per heavy atom. The van der Waals surface area contributed by atoms with Crippen LogP contribution >= 0.6 is 0 Å². The fraction of sp³-hybridized carbons (Fsp3) is 0.316. The lowest BCUT2D eigenvalue weighted by Crippen LogP contribution is -2.14. The summed E-state index contributed by atoms with van der Waals surface area (Å²) in [6.45, 7) is 5.57. The molecule has 25 heavy (non-hydrogen) atoms. The molecular formula is C19H22N2O4. The third kappa shape index (κ3) is 5.04. The average Bonchev–Trinajstić information content (AvgIpc) is 2.61. The predicted molar refractivity (Wildman–Crippen MR) is 95.1 cm³/mol. The van der Waals surface area contributed by atoms with Crippen LogP contribution in [0.3, 0.4) is 0 Å². The van der Waals surface area contributed by atoms with Crippen LogP contribution < -0.4 is 10.1 Å². The Kier molecular flexibility index (Phi) is 6.11. The minimum Gasteiger partial charge on any atom is -0.481 e. The monoisotopic (exact) mass is 342 g/mol. The summed E-state index contributed by atoms with van der Waals surface area (Å²) < 4.78 is 5.62. The number of nitrogens with one attached hydrogen (secondary N) is 1. The van der Waals surface area contributed by atoms with Gasteiger partial charge in [0.1, 0.15) is 0 Å². The molecule has 2 unspecified atom stereocenters. The quantitative estimate of drug-likeness (QED) is 0.801. The van der Waals surface area contributed by atoms with Crippen molar-refractivity contribution in [3.05, 3.63) is 53.7 Å². The maximum absolute atomic E-state index is 12.4. The number of anilines is 1. The molecule has 2 rings (SSSR count). The minimum absolute atomic E-state index is 0.0228. The molecule has 0 radical (unpaired) electrons. The number of hydrogen-bond donors (Lipinski definition) is 2. The largest absolute Gasteiger partial charge is 0.481 e. The van der Waals surface area contributed by atoms with Gasteiger partial charge in [0.2, 0.25) is 5.88 Å². The molecule has 1 aromatic heterocycles. The van der Waals surface area contributed by atoms with Crippen LogP contribution in [0.5, 0.6) is 5.88 Å². The van der Waals surface area contributed by atoms with Gasteiger partial charge in [-0.15, -0.1) is 0 Å². The summed E-state index contributed by atoms with van der Waals surface area (Å²) in [7, 11) is 0. The van der Waals surface area contributed by atoms with E-state index in [9.17, 15) is 9.59 Å². The molecule has 1 aromatic carbocycles. The van der Waals surface area contributed by atoms with E-state index in [0.717, 1.165) is 6.42 Å². The van der Waals surface area contributed by atoms with Gasteiger partial charge in [-0.25, -0.2) is 4.98 Å². The Balaban J connectivity index is 2.07.